The van der Waals surface area contributed by atoms with E-state index < -0.39 is 0 Å². The Morgan fingerprint density at radius 3 is 3.08 bits per heavy atom. The number of aromatic amines is 1. The number of fused-ring (bicyclic) bond motifs is 1. The predicted molar refractivity (Wildman–Crippen MR) is 101 cm³/mol. The molecule has 1 atom stereocenters. The monoisotopic (exact) mass is 356 g/mol. The molecule has 0 bridgehead atoms. The highest BCUT2D eigenvalue weighted by Crippen LogP contribution is 2.30. The highest BCUT2D eigenvalue weighted by Gasteiger charge is 2.24. The highest BCUT2D eigenvalue weighted by molar-refractivity contribution is 7.17. The highest BCUT2D eigenvalue weighted by atomic mass is 32.1. The molecule has 1 fully saturated rings. The molecule has 0 spiro atoms. The van der Waals surface area contributed by atoms with Gasteiger partial charge >= 0.3 is 0 Å². The molecule has 8 heteroatoms. The number of H-pyrrole nitrogens is 1. The normalized spacial score (nSPS) is 17.8. The maximum Gasteiger partial charge on any atom is 0.290 e. The van der Waals surface area contributed by atoms with Gasteiger partial charge in [-0.05, 0) is 37.6 Å². The maximum atomic E-state index is 12.0. The molecule has 25 heavy (non-hydrogen) atoms. The summed E-state index contributed by atoms with van der Waals surface area (Å²) in [6.07, 6.45) is 5.23. The van der Waals surface area contributed by atoms with Gasteiger partial charge in [-0.2, -0.15) is 0 Å². The van der Waals surface area contributed by atoms with E-state index in [1.807, 2.05) is 11.8 Å². The molecule has 0 saturated carbocycles. The van der Waals surface area contributed by atoms with Gasteiger partial charge in [0.1, 0.15) is 16.5 Å². The van der Waals surface area contributed by atoms with E-state index >= 15 is 0 Å². The fourth-order valence-electron chi connectivity index (χ4n) is 3.35. The summed E-state index contributed by atoms with van der Waals surface area (Å²) < 4.78 is 0. The topological polar surface area (TPSA) is 86.8 Å². The minimum absolute atomic E-state index is 0.142. The van der Waals surface area contributed by atoms with Crippen LogP contribution in [0.4, 0.5) is 11.6 Å². The van der Waals surface area contributed by atoms with Gasteiger partial charge in [0, 0.05) is 31.5 Å². The van der Waals surface area contributed by atoms with Crippen molar-refractivity contribution in [2.24, 2.45) is 0 Å². The summed E-state index contributed by atoms with van der Waals surface area (Å²) >= 11 is 1.65. The molecule has 1 saturated heterocycles. The Morgan fingerprint density at radius 1 is 1.36 bits per heavy atom. The minimum atomic E-state index is -0.142. The Balaban J connectivity index is 1.60. The van der Waals surface area contributed by atoms with E-state index in [1.165, 1.54) is 5.56 Å². The number of piperidine rings is 1. The molecule has 7 nitrogen and oxygen atoms in total. The van der Waals surface area contributed by atoms with Gasteiger partial charge in [0.25, 0.3) is 5.56 Å². The first kappa shape index (κ1) is 16.0. The van der Waals surface area contributed by atoms with E-state index in [9.17, 15) is 4.79 Å². The first-order valence-corrected chi connectivity index (χ1v) is 9.27. The van der Waals surface area contributed by atoms with Crippen LogP contribution in [0.15, 0.2) is 22.6 Å². The molecular weight excluding hydrogens is 336 g/mol. The lowest BCUT2D eigenvalue weighted by molar-refractivity contribution is 0.524. The number of aryl methyl sites for hydroxylation is 2. The van der Waals surface area contributed by atoms with Gasteiger partial charge in [0.05, 0.1) is 5.39 Å². The second-order valence-corrected chi connectivity index (χ2v) is 7.25. The Bertz CT molecular complexity index is 965. The lowest BCUT2D eigenvalue weighted by atomic mass is 10.1. The third-order valence-corrected chi connectivity index (χ3v) is 5.47. The zero-order valence-corrected chi connectivity index (χ0v) is 15.1. The number of hydrogen-bond donors (Lipinski definition) is 2. The molecule has 2 N–H and O–H groups in total. The Hall–Kier alpha value is -2.48. The Kier molecular flexibility index (Phi) is 4.12. The zero-order valence-electron chi connectivity index (χ0n) is 14.2. The SMILES string of the molecule is Cc1nc(N[C@@H]2CCCN(c3ncc[nH]c3=O)C2)c2c(C)csc2n1. The summed E-state index contributed by atoms with van der Waals surface area (Å²) in [5.41, 5.74) is 1.05. The van der Waals surface area contributed by atoms with Gasteiger partial charge in [-0.3, -0.25) is 4.79 Å². The van der Waals surface area contributed by atoms with Crippen molar-refractivity contribution in [3.8, 4) is 0 Å². The van der Waals surface area contributed by atoms with Crippen LogP contribution >= 0.6 is 11.3 Å². The van der Waals surface area contributed by atoms with Crippen molar-refractivity contribution in [3.63, 3.8) is 0 Å². The van der Waals surface area contributed by atoms with Crippen LogP contribution in [0.5, 0.6) is 0 Å². The van der Waals surface area contributed by atoms with Crippen LogP contribution in [0.25, 0.3) is 10.2 Å². The van der Waals surface area contributed by atoms with Crippen LogP contribution in [0.3, 0.4) is 0 Å². The van der Waals surface area contributed by atoms with Gasteiger partial charge in [-0.15, -0.1) is 11.3 Å². The van der Waals surface area contributed by atoms with Crippen LogP contribution in [0, 0.1) is 13.8 Å². The first-order chi connectivity index (χ1) is 12.1. The number of rotatable bonds is 3. The predicted octanol–water partition coefficient (Wildman–Crippen LogP) is 2.47. The minimum Gasteiger partial charge on any atom is -0.365 e. The Labute approximate surface area is 149 Å². The van der Waals surface area contributed by atoms with Crippen LogP contribution < -0.4 is 15.8 Å². The summed E-state index contributed by atoms with van der Waals surface area (Å²) in [6, 6.07) is 0.215. The van der Waals surface area contributed by atoms with E-state index in [0.717, 1.165) is 47.8 Å². The van der Waals surface area contributed by atoms with Gasteiger partial charge in [0.15, 0.2) is 5.82 Å². The number of aromatic nitrogens is 4. The van der Waals surface area contributed by atoms with Crippen molar-refractivity contribution in [1.82, 2.24) is 19.9 Å². The molecule has 0 amide bonds. The quantitative estimate of drug-likeness (QED) is 0.750. The third kappa shape index (κ3) is 3.09. The number of anilines is 2. The van der Waals surface area contributed by atoms with E-state index in [2.05, 4.69) is 37.6 Å². The molecule has 0 aromatic carbocycles. The van der Waals surface area contributed by atoms with Gasteiger partial charge in [0.2, 0.25) is 0 Å². The average molecular weight is 356 g/mol. The molecule has 130 valence electrons. The molecule has 1 aliphatic rings. The van der Waals surface area contributed by atoms with Crippen molar-refractivity contribution in [1.29, 1.82) is 0 Å². The number of thiophene rings is 1. The summed E-state index contributed by atoms with van der Waals surface area (Å²) in [4.78, 5) is 31.2. The molecule has 0 radical (unpaired) electrons. The zero-order chi connectivity index (χ0) is 17.4. The number of nitrogens with zero attached hydrogens (tertiary/aromatic N) is 4. The van der Waals surface area contributed by atoms with Gasteiger partial charge in [-0.25, -0.2) is 15.0 Å². The number of nitrogens with one attached hydrogen (secondary N) is 2. The van der Waals surface area contributed by atoms with Crippen LogP contribution in [0.1, 0.15) is 24.2 Å². The maximum absolute atomic E-state index is 12.0. The van der Waals surface area contributed by atoms with Crippen LogP contribution in [-0.2, 0) is 0 Å². The van der Waals surface area contributed by atoms with Gasteiger partial charge in [-0.1, -0.05) is 0 Å². The standard InChI is InChI=1S/C17H20N6OS/c1-10-9-25-17-13(10)14(20-11(2)21-17)22-12-4-3-7-23(8-12)15-16(24)19-6-5-18-15/h5-6,9,12H,3-4,7-8H2,1-2H3,(H,19,24)(H,20,21,22)/t12-/m1/s1. The van der Waals surface area contributed by atoms with Crippen LogP contribution in [0.2, 0.25) is 0 Å². The molecular formula is C17H20N6OS. The van der Waals surface area contributed by atoms with E-state index in [-0.39, 0.29) is 11.6 Å². The third-order valence-electron chi connectivity index (χ3n) is 4.48. The molecule has 3 aromatic rings. The molecule has 4 heterocycles. The summed E-state index contributed by atoms with van der Waals surface area (Å²) in [7, 11) is 0. The molecule has 1 aliphatic heterocycles. The lowest BCUT2D eigenvalue weighted by Gasteiger charge is -2.33. The largest absolute Gasteiger partial charge is 0.365 e. The van der Waals surface area contributed by atoms with Crippen molar-refractivity contribution in [2.45, 2.75) is 32.7 Å². The van der Waals surface area contributed by atoms with Crippen molar-refractivity contribution in [2.75, 3.05) is 23.3 Å². The van der Waals surface area contributed by atoms with Crippen molar-refractivity contribution < 1.29 is 0 Å². The summed E-state index contributed by atoms with van der Waals surface area (Å²) in [5, 5.41) is 6.80. The van der Waals surface area contributed by atoms with E-state index in [0.29, 0.717) is 5.82 Å². The molecule has 0 aliphatic carbocycles. The van der Waals surface area contributed by atoms with Gasteiger partial charge < -0.3 is 15.2 Å². The fraction of sp³-hybridized carbons (Fsp3) is 0.412. The van der Waals surface area contributed by atoms with E-state index in [1.54, 1.807) is 23.7 Å². The number of hydrogen-bond acceptors (Lipinski definition) is 7. The smallest absolute Gasteiger partial charge is 0.290 e. The second-order valence-electron chi connectivity index (χ2n) is 6.39. The molecule has 0 unspecified atom stereocenters. The molecule has 4 rings (SSSR count). The lowest BCUT2D eigenvalue weighted by Crippen LogP contribution is -2.44. The summed E-state index contributed by atoms with van der Waals surface area (Å²) in [6.45, 7) is 5.57. The van der Waals surface area contributed by atoms with Crippen LogP contribution in [-0.4, -0.2) is 39.1 Å². The Morgan fingerprint density at radius 2 is 2.24 bits per heavy atom. The second kappa shape index (κ2) is 6.44. The summed E-state index contributed by atoms with van der Waals surface area (Å²) in [5.74, 6) is 2.15. The fourth-order valence-corrected chi connectivity index (χ4v) is 4.31. The van der Waals surface area contributed by atoms with E-state index in [4.69, 9.17) is 0 Å². The van der Waals surface area contributed by atoms with Crippen molar-refractivity contribution in [3.05, 3.63) is 39.5 Å². The average Bonchev–Trinajstić information content (AvgIpc) is 2.96. The molecule has 3 aromatic heterocycles. The van der Waals surface area contributed by atoms with Crippen molar-refractivity contribution >= 4 is 33.2 Å². The first-order valence-electron chi connectivity index (χ1n) is 8.39.